The van der Waals surface area contributed by atoms with Crippen molar-refractivity contribution in [3.8, 4) is 44.5 Å². The highest BCUT2D eigenvalue weighted by Gasteiger charge is 2.19. The predicted octanol–water partition coefficient (Wildman–Crippen LogP) is 15.3. The van der Waals surface area contributed by atoms with Gasteiger partial charge < -0.3 is 0 Å². The molecule has 0 aliphatic heterocycles. The molecule has 0 saturated heterocycles. The van der Waals surface area contributed by atoms with E-state index in [-0.39, 0.29) is 0 Å². The average Bonchev–Trinajstić information content (AvgIpc) is 3.25. The molecule has 0 aromatic heterocycles. The molecule has 0 unspecified atom stereocenters. The summed E-state index contributed by atoms with van der Waals surface area (Å²) in [5.74, 6) is 0. The SMILES string of the molecule is c1cc(-c2cc3ccccc3c3ccccc23)cc(-c2c3ccccc3c(-c3ccc(-c4ccc5ccccc5c4)cc3)c3c2ccc2ccccc23)c1. The van der Waals surface area contributed by atoms with Crippen molar-refractivity contribution in [2.45, 2.75) is 0 Å². The molecular weight excluding hydrogens is 649 g/mol. The second-order valence-corrected chi connectivity index (χ2v) is 14.4. The molecule has 0 saturated carbocycles. The first kappa shape index (κ1) is 30.6. The summed E-state index contributed by atoms with van der Waals surface area (Å²) in [6.45, 7) is 0. The van der Waals surface area contributed by atoms with E-state index in [9.17, 15) is 0 Å². The van der Waals surface area contributed by atoms with Crippen LogP contribution >= 0.6 is 0 Å². The Morgan fingerprint density at radius 3 is 1.56 bits per heavy atom. The predicted molar refractivity (Wildman–Crippen MR) is 233 cm³/mol. The lowest BCUT2D eigenvalue weighted by molar-refractivity contribution is 1.63. The van der Waals surface area contributed by atoms with E-state index in [0.29, 0.717) is 0 Å². The molecule has 0 nitrogen and oxygen atoms in total. The fraction of sp³-hybridized carbons (Fsp3) is 0. The van der Waals surface area contributed by atoms with Crippen molar-refractivity contribution in [3.63, 3.8) is 0 Å². The van der Waals surface area contributed by atoms with Gasteiger partial charge in [0.15, 0.2) is 0 Å². The summed E-state index contributed by atoms with van der Waals surface area (Å²) < 4.78 is 0. The second kappa shape index (κ2) is 12.3. The van der Waals surface area contributed by atoms with Gasteiger partial charge in [-0.25, -0.2) is 0 Å². The van der Waals surface area contributed by atoms with E-state index in [1.165, 1.54) is 109 Å². The lowest BCUT2D eigenvalue weighted by Crippen LogP contribution is -1.93. The summed E-state index contributed by atoms with van der Waals surface area (Å²) in [7, 11) is 0. The number of hydrogen-bond acceptors (Lipinski definition) is 0. The molecule has 0 bridgehead atoms. The average molecular weight is 683 g/mol. The van der Waals surface area contributed by atoms with Crippen LogP contribution in [0.1, 0.15) is 0 Å². The normalized spacial score (nSPS) is 11.7. The van der Waals surface area contributed by atoms with Gasteiger partial charge in [-0.3, -0.25) is 0 Å². The molecule has 0 heterocycles. The third-order valence-corrected chi connectivity index (χ3v) is 11.4. The lowest BCUT2D eigenvalue weighted by Gasteiger charge is -2.20. The van der Waals surface area contributed by atoms with E-state index >= 15 is 0 Å². The van der Waals surface area contributed by atoms with Crippen LogP contribution in [-0.4, -0.2) is 0 Å². The van der Waals surface area contributed by atoms with Crippen LogP contribution < -0.4 is 0 Å². The molecular formula is C54H34. The van der Waals surface area contributed by atoms with Crippen LogP contribution in [0.15, 0.2) is 206 Å². The molecule has 0 fully saturated rings. The summed E-state index contributed by atoms with van der Waals surface area (Å²) in [5.41, 5.74) is 9.93. The van der Waals surface area contributed by atoms with Gasteiger partial charge in [0.1, 0.15) is 0 Å². The molecule has 11 aromatic carbocycles. The van der Waals surface area contributed by atoms with Crippen LogP contribution in [0.3, 0.4) is 0 Å². The Balaban J connectivity index is 1.15. The van der Waals surface area contributed by atoms with Crippen molar-refractivity contribution in [2.24, 2.45) is 0 Å². The van der Waals surface area contributed by atoms with Crippen LogP contribution in [-0.2, 0) is 0 Å². The minimum Gasteiger partial charge on any atom is -0.0616 e. The van der Waals surface area contributed by atoms with E-state index < -0.39 is 0 Å². The lowest BCUT2D eigenvalue weighted by atomic mass is 9.83. The van der Waals surface area contributed by atoms with Gasteiger partial charge in [0.05, 0.1) is 0 Å². The van der Waals surface area contributed by atoms with Crippen molar-refractivity contribution >= 4 is 64.6 Å². The molecule has 0 aliphatic carbocycles. The fourth-order valence-corrected chi connectivity index (χ4v) is 8.89. The standard InChI is InChI=1S/C54H34/c1-2-14-39-32-40(29-26-35(39)12-1)36-24-27-38(28-25-36)53-49-23-10-9-22-48(49)52(50-31-30-37-13-3-6-19-45(37)54(50)53)43-17-11-16-41(33-43)51-34-42-15-4-5-18-44(42)46-20-7-8-21-47(46)51/h1-34H. The quantitative estimate of drug-likeness (QED) is 0.128. The molecule has 0 N–H and O–H groups in total. The van der Waals surface area contributed by atoms with Gasteiger partial charge in [0.2, 0.25) is 0 Å². The maximum Gasteiger partial charge on any atom is -0.00141 e. The zero-order valence-electron chi connectivity index (χ0n) is 29.6. The highest BCUT2D eigenvalue weighted by molar-refractivity contribution is 6.28. The summed E-state index contributed by atoms with van der Waals surface area (Å²) in [6.07, 6.45) is 0. The minimum atomic E-state index is 1.22. The highest BCUT2D eigenvalue weighted by Crippen LogP contribution is 2.47. The number of benzene rings is 11. The fourth-order valence-electron chi connectivity index (χ4n) is 8.89. The Hall–Kier alpha value is -7.02. The zero-order valence-corrected chi connectivity index (χ0v) is 29.6. The maximum atomic E-state index is 2.41. The molecule has 0 heteroatoms. The topological polar surface area (TPSA) is 0 Å². The van der Waals surface area contributed by atoms with E-state index in [2.05, 4.69) is 206 Å². The van der Waals surface area contributed by atoms with E-state index in [1.807, 2.05) is 0 Å². The molecule has 54 heavy (non-hydrogen) atoms. The van der Waals surface area contributed by atoms with Gasteiger partial charge in [-0.2, -0.15) is 0 Å². The van der Waals surface area contributed by atoms with Gasteiger partial charge in [-0.1, -0.05) is 188 Å². The zero-order chi connectivity index (χ0) is 35.6. The monoisotopic (exact) mass is 682 g/mol. The van der Waals surface area contributed by atoms with Crippen molar-refractivity contribution in [2.75, 3.05) is 0 Å². The van der Waals surface area contributed by atoms with E-state index in [0.717, 1.165) is 0 Å². The molecule has 0 radical (unpaired) electrons. The Labute approximate surface area is 314 Å². The van der Waals surface area contributed by atoms with Gasteiger partial charge >= 0.3 is 0 Å². The largest absolute Gasteiger partial charge is 0.0616 e. The Bertz CT molecular complexity index is 3260. The summed E-state index contributed by atoms with van der Waals surface area (Å²) in [5, 5.41) is 15.2. The summed E-state index contributed by atoms with van der Waals surface area (Å²) in [6, 6.07) is 76.2. The first-order chi connectivity index (χ1) is 26.8. The third kappa shape index (κ3) is 4.85. The second-order valence-electron chi connectivity index (χ2n) is 14.4. The van der Waals surface area contributed by atoms with Crippen molar-refractivity contribution in [1.82, 2.24) is 0 Å². The first-order valence-electron chi connectivity index (χ1n) is 18.8. The van der Waals surface area contributed by atoms with Crippen molar-refractivity contribution in [1.29, 1.82) is 0 Å². The van der Waals surface area contributed by atoms with Crippen LogP contribution in [0.5, 0.6) is 0 Å². The molecule has 250 valence electrons. The van der Waals surface area contributed by atoms with Crippen molar-refractivity contribution in [3.05, 3.63) is 206 Å². The summed E-state index contributed by atoms with van der Waals surface area (Å²) in [4.78, 5) is 0. The molecule has 0 aliphatic rings. The molecule has 0 amide bonds. The van der Waals surface area contributed by atoms with Gasteiger partial charge in [0.25, 0.3) is 0 Å². The Kier molecular flexibility index (Phi) is 6.97. The first-order valence-corrected chi connectivity index (χ1v) is 18.8. The maximum absolute atomic E-state index is 2.41. The van der Waals surface area contributed by atoms with Crippen LogP contribution in [0, 0.1) is 0 Å². The third-order valence-electron chi connectivity index (χ3n) is 11.4. The number of hydrogen-bond donors (Lipinski definition) is 0. The minimum absolute atomic E-state index is 1.22. The smallest absolute Gasteiger partial charge is 0.00141 e. The Morgan fingerprint density at radius 1 is 0.204 bits per heavy atom. The van der Waals surface area contributed by atoms with Gasteiger partial charge in [0, 0.05) is 0 Å². The number of rotatable bonds is 4. The van der Waals surface area contributed by atoms with E-state index in [4.69, 9.17) is 0 Å². The van der Waals surface area contributed by atoms with Crippen LogP contribution in [0.25, 0.3) is 109 Å². The molecule has 11 aromatic rings. The van der Waals surface area contributed by atoms with E-state index in [1.54, 1.807) is 0 Å². The van der Waals surface area contributed by atoms with Crippen LogP contribution in [0.2, 0.25) is 0 Å². The van der Waals surface area contributed by atoms with Gasteiger partial charge in [-0.15, -0.1) is 0 Å². The number of fused-ring (bicyclic) bond motifs is 8. The molecule has 11 rings (SSSR count). The molecule has 0 spiro atoms. The van der Waals surface area contributed by atoms with Crippen molar-refractivity contribution < 1.29 is 0 Å². The molecule has 0 atom stereocenters. The Morgan fingerprint density at radius 2 is 0.759 bits per heavy atom. The summed E-state index contributed by atoms with van der Waals surface area (Å²) >= 11 is 0. The van der Waals surface area contributed by atoms with Crippen LogP contribution in [0.4, 0.5) is 0 Å². The van der Waals surface area contributed by atoms with Gasteiger partial charge in [-0.05, 0) is 127 Å². The highest BCUT2D eigenvalue weighted by atomic mass is 14.2.